The Morgan fingerprint density at radius 3 is 2.50 bits per heavy atom. The van der Waals surface area contributed by atoms with E-state index in [1.165, 1.54) is 12.0 Å². The molecule has 0 aromatic carbocycles. The molecule has 0 atom stereocenters. The van der Waals surface area contributed by atoms with Crippen LogP contribution in [0.1, 0.15) is 11.3 Å². The number of methoxy groups -OCH3 is 2. The summed E-state index contributed by atoms with van der Waals surface area (Å²) in [5, 5.41) is 0. The Kier molecular flexibility index (Phi) is 3.09. The first-order chi connectivity index (χ1) is 8.58. The van der Waals surface area contributed by atoms with Crippen molar-refractivity contribution in [3.05, 3.63) is 21.7 Å². The van der Waals surface area contributed by atoms with E-state index in [0.29, 0.717) is 23.3 Å². The first-order valence-electron chi connectivity index (χ1n) is 5.23. The molecule has 1 aliphatic heterocycles. The maximum absolute atomic E-state index is 11.8. The number of aromatic nitrogens is 1. The van der Waals surface area contributed by atoms with Crippen molar-refractivity contribution in [3.8, 4) is 0 Å². The van der Waals surface area contributed by atoms with Crippen LogP contribution in [0.25, 0.3) is 0 Å². The summed E-state index contributed by atoms with van der Waals surface area (Å²) in [5.41, 5.74) is -0.151. The molecule has 1 aliphatic rings. The lowest BCUT2D eigenvalue weighted by atomic mass is 10.1. The molecule has 18 heavy (non-hydrogen) atoms. The zero-order valence-corrected chi connectivity index (χ0v) is 9.97. The van der Waals surface area contributed by atoms with Crippen LogP contribution in [0.4, 0.5) is 9.59 Å². The summed E-state index contributed by atoms with van der Waals surface area (Å²) in [6, 6.07) is 0. The minimum atomic E-state index is -0.890. The van der Waals surface area contributed by atoms with Gasteiger partial charge >= 0.3 is 12.2 Å². The molecule has 0 fully saturated rings. The molecule has 0 saturated heterocycles. The largest absolute Gasteiger partial charge is 0.453 e. The highest BCUT2D eigenvalue weighted by Gasteiger charge is 2.29. The molecular formula is C10H12N2O6. The van der Waals surface area contributed by atoms with Gasteiger partial charge in [-0.05, 0) is 6.42 Å². The Balaban J connectivity index is 2.32. The van der Waals surface area contributed by atoms with Crippen LogP contribution < -0.4 is 5.56 Å². The third kappa shape index (κ3) is 1.85. The van der Waals surface area contributed by atoms with E-state index >= 15 is 0 Å². The van der Waals surface area contributed by atoms with Crippen molar-refractivity contribution in [1.29, 1.82) is 0 Å². The van der Waals surface area contributed by atoms with Gasteiger partial charge < -0.3 is 18.9 Å². The van der Waals surface area contributed by atoms with Crippen LogP contribution in [0.15, 0.2) is 9.32 Å². The number of amides is 1. The second-order valence-corrected chi connectivity index (χ2v) is 3.70. The van der Waals surface area contributed by atoms with Gasteiger partial charge in [-0.25, -0.2) is 9.59 Å². The molecule has 98 valence electrons. The van der Waals surface area contributed by atoms with Crippen molar-refractivity contribution in [3.63, 3.8) is 0 Å². The molecule has 1 aromatic heterocycles. The van der Waals surface area contributed by atoms with E-state index in [4.69, 9.17) is 4.52 Å². The number of carbonyl (C=O) groups excluding carboxylic acids is 2. The SMILES string of the molecule is COC(=O)N1CCc2c(on(C(=O)OC)c2=O)C1. The van der Waals surface area contributed by atoms with Crippen LogP contribution in [-0.4, -0.2) is 42.6 Å². The predicted molar refractivity (Wildman–Crippen MR) is 57.3 cm³/mol. The molecule has 0 N–H and O–H groups in total. The summed E-state index contributed by atoms with van der Waals surface area (Å²) in [5.74, 6) is 0.280. The van der Waals surface area contributed by atoms with Gasteiger partial charge in [0.2, 0.25) is 0 Å². The number of fused-ring (bicyclic) bond motifs is 1. The summed E-state index contributed by atoms with van der Waals surface area (Å²) >= 11 is 0. The minimum absolute atomic E-state index is 0.0985. The van der Waals surface area contributed by atoms with Crippen molar-refractivity contribution < 1.29 is 23.6 Å². The van der Waals surface area contributed by atoms with Gasteiger partial charge in [0.05, 0.1) is 26.3 Å². The Labute approximate surface area is 102 Å². The Hall–Kier alpha value is -2.25. The zero-order valence-electron chi connectivity index (χ0n) is 9.97. The Bertz CT molecular complexity index is 543. The van der Waals surface area contributed by atoms with Gasteiger partial charge in [-0.1, -0.05) is 4.74 Å². The summed E-state index contributed by atoms with van der Waals surface area (Å²) in [6.45, 7) is 0.441. The highest BCUT2D eigenvalue weighted by atomic mass is 16.6. The molecule has 1 aromatic rings. The minimum Gasteiger partial charge on any atom is -0.453 e. The molecule has 0 saturated carbocycles. The normalized spacial score (nSPS) is 14.0. The topological polar surface area (TPSA) is 91.0 Å². The molecule has 0 aliphatic carbocycles. The number of rotatable bonds is 0. The number of carbonyl (C=O) groups is 2. The fourth-order valence-corrected chi connectivity index (χ4v) is 1.81. The van der Waals surface area contributed by atoms with Crippen molar-refractivity contribution in [2.75, 3.05) is 20.8 Å². The van der Waals surface area contributed by atoms with Crippen LogP contribution in [0.5, 0.6) is 0 Å². The molecule has 2 rings (SSSR count). The molecule has 0 unspecified atom stereocenters. The second kappa shape index (κ2) is 4.55. The highest BCUT2D eigenvalue weighted by Crippen LogP contribution is 2.17. The third-order valence-corrected chi connectivity index (χ3v) is 2.72. The van der Waals surface area contributed by atoms with Crippen LogP contribution in [0.2, 0.25) is 0 Å². The summed E-state index contributed by atoms with van der Waals surface area (Å²) in [4.78, 5) is 35.8. The van der Waals surface area contributed by atoms with Crippen molar-refractivity contribution in [1.82, 2.24) is 9.64 Å². The van der Waals surface area contributed by atoms with E-state index in [1.54, 1.807) is 0 Å². The number of nitrogens with zero attached hydrogens (tertiary/aromatic N) is 2. The number of hydrogen-bond donors (Lipinski definition) is 0. The zero-order chi connectivity index (χ0) is 13.3. The molecule has 0 radical (unpaired) electrons. The molecule has 8 heteroatoms. The number of ether oxygens (including phenoxy) is 2. The lowest BCUT2D eigenvalue weighted by Gasteiger charge is -2.23. The van der Waals surface area contributed by atoms with E-state index in [-0.39, 0.29) is 12.3 Å². The predicted octanol–water partition coefficient (Wildman–Crippen LogP) is 0.180. The summed E-state index contributed by atoms with van der Waals surface area (Å²) in [7, 11) is 2.42. The number of hydrogen-bond acceptors (Lipinski definition) is 6. The van der Waals surface area contributed by atoms with E-state index in [1.807, 2.05) is 0 Å². The van der Waals surface area contributed by atoms with Crippen molar-refractivity contribution in [2.45, 2.75) is 13.0 Å². The summed E-state index contributed by atoms with van der Waals surface area (Å²) < 4.78 is 14.6. The maximum Gasteiger partial charge on any atom is 0.450 e. The standard InChI is InChI=1S/C10H12N2O6/c1-16-9(14)11-4-3-6-7(5-11)18-12(8(6)13)10(15)17-2/h3-5H2,1-2H3. The smallest absolute Gasteiger partial charge is 0.450 e. The average Bonchev–Trinajstić information content (AvgIpc) is 2.73. The van der Waals surface area contributed by atoms with E-state index < -0.39 is 17.7 Å². The fraction of sp³-hybridized carbons (Fsp3) is 0.500. The third-order valence-electron chi connectivity index (χ3n) is 2.72. The average molecular weight is 256 g/mol. The van der Waals surface area contributed by atoms with Gasteiger partial charge in [-0.2, -0.15) is 0 Å². The van der Waals surface area contributed by atoms with E-state index in [9.17, 15) is 14.4 Å². The van der Waals surface area contributed by atoms with Gasteiger partial charge in [0, 0.05) is 6.54 Å². The second-order valence-electron chi connectivity index (χ2n) is 3.70. The van der Waals surface area contributed by atoms with E-state index in [2.05, 4.69) is 9.47 Å². The van der Waals surface area contributed by atoms with Crippen molar-refractivity contribution >= 4 is 12.2 Å². The summed E-state index contributed by atoms with van der Waals surface area (Å²) in [6.07, 6.45) is -1.08. The lowest BCUT2D eigenvalue weighted by molar-refractivity contribution is 0.108. The van der Waals surface area contributed by atoms with Crippen LogP contribution in [0.3, 0.4) is 0 Å². The van der Waals surface area contributed by atoms with Crippen LogP contribution >= 0.6 is 0 Å². The van der Waals surface area contributed by atoms with Gasteiger partial charge in [-0.3, -0.25) is 4.79 Å². The van der Waals surface area contributed by atoms with Crippen molar-refractivity contribution in [2.24, 2.45) is 0 Å². The van der Waals surface area contributed by atoms with Gasteiger partial charge in [0.1, 0.15) is 0 Å². The molecule has 1 amide bonds. The molecule has 0 bridgehead atoms. The van der Waals surface area contributed by atoms with Gasteiger partial charge in [0.15, 0.2) is 5.76 Å². The van der Waals surface area contributed by atoms with Crippen LogP contribution in [0, 0.1) is 0 Å². The molecule has 2 heterocycles. The molecule has 0 spiro atoms. The highest BCUT2D eigenvalue weighted by molar-refractivity contribution is 5.69. The van der Waals surface area contributed by atoms with Gasteiger partial charge in [0.25, 0.3) is 5.56 Å². The Morgan fingerprint density at radius 1 is 1.22 bits per heavy atom. The first kappa shape index (κ1) is 12.2. The first-order valence-corrected chi connectivity index (χ1v) is 5.23. The maximum atomic E-state index is 11.8. The lowest BCUT2D eigenvalue weighted by Crippen LogP contribution is -2.36. The van der Waals surface area contributed by atoms with Gasteiger partial charge in [-0.15, -0.1) is 0 Å². The van der Waals surface area contributed by atoms with Crippen LogP contribution in [-0.2, 0) is 22.4 Å². The molecule has 8 nitrogen and oxygen atoms in total. The monoisotopic (exact) mass is 256 g/mol. The fourth-order valence-electron chi connectivity index (χ4n) is 1.81. The Morgan fingerprint density at radius 2 is 1.89 bits per heavy atom. The van der Waals surface area contributed by atoms with E-state index in [0.717, 1.165) is 7.11 Å². The molecular weight excluding hydrogens is 244 g/mol. The quantitative estimate of drug-likeness (QED) is 0.657.